The van der Waals surface area contributed by atoms with E-state index >= 15 is 4.39 Å². The zero-order valence-corrected chi connectivity index (χ0v) is 24.2. The van der Waals surface area contributed by atoms with E-state index in [0.29, 0.717) is 23.3 Å². The number of sulfonamides is 1. The van der Waals surface area contributed by atoms with Crippen molar-refractivity contribution < 1.29 is 44.7 Å². The highest BCUT2D eigenvalue weighted by Gasteiger charge is 2.45. The summed E-state index contributed by atoms with van der Waals surface area (Å²) in [5.74, 6) is -6.13. The maximum absolute atomic E-state index is 15.4. The Labute approximate surface area is 253 Å². The van der Waals surface area contributed by atoms with Crippen LogP contribution >= 0.6 is 22.9 Å². The van der Waals surface area contributed by atoms with Crippen LogP contribution in [0.2, 0.25) is 5.02 Å². The molecular formula is C26H15ClF5N5O5S2. The number of anilines is 1. The number of carbonyl (C=O) groups excluding carboxylic acids is 1. The van der Waals surface area contributed by atoms with Gasteiger partial charge in [0.25, 0.3) is 10.0 Å². The molecule has 5 aromatic rings. The van der Waals surface area contributed by atoms with Gasteiger partial charge in [-0.1, -0.05) is 28.2 Å². The zero-order valence-electron chi connectivity index (χ0n) is 21.8. The number of aromatic nitrogens is 4. The van der Waals surface area contributed by atoms with Crippen LogP contribution in [0.3, 0.4) is 0 Å². The summed E-state index contributed by atoms with van der Waals surface area (Å²) >= 11 is 7.02. The molecule has 0 N–H and O–H groups in total. The van der Waals surface area contributed by atoms with Crippen LogP contribution in [0.4, 0.5) is 27.8 Å². The summed E-state index contributed by atoms with van der Waals surface area (Å²) in [6, 6.07) is 8.52. The lowest BCUT2D eigenvalue weighted by atomic mass is 10.0. The highest BCUT2D eigenvalue weighted by molar-refractivity contribution is 7.92. The summed E-state index contributed by atoms with van der Waals surface area (Å²) in [6.45, 7) is 0. The van der Waals surface area contributed by atoms with E-state index in [1.165, 1.54) is 41.3 Å². The van der Waals surface area contributed by atoms with E-state index in [1.54, 1.807) is 19.3 Å². The maximum atomic E-state index is 15.4. The van der Waals surface area contributed by atoms with Crippen molar-refractivity contribution in [3.8, 4) is 33.9 Å². The maximum Gasteiger partial charge on any atom is 0.493 e. The second-order valence-corrected chi connectivity index (χ2v) is 11.6. The summed E-state index contributed by atoms with van der Waals surface area (Å²) in [5, 5.41) is 4.56. The molecule has 18 heteroatoms. The average molecular weight is 672 g/mol. The Morgan fingerprint density at radius 2 is 1.77 bits per heavy atom. The van der Waals surface area contributed by atoms with Crippen LogP contribution in [0, 0.1) is 11.6 Å². The topological polar surface area (TPSA) is 117 Å². The van der Waals surface area contributed by atoms with E-state index in [1.807, 2.05) is 0 Å². The molecule has 5 rings (SSSR count). The fourth-order valence-corrected chi connectivity index (χ4v) is 5.87. The number of ether oxygens (including phenoxy) is 1. The molecule has 0 spiro atoms. The van der Waals surface area contributed by atoms with Crippen LogP contribution in [-0.4, -0.2) is 40.3 Å². The van der Waals surface area contributed by atoms with Crippen molar-refractivity contribution >= 4 is 44.7 Å². The Morgan fingerprint density at radius 1 is 1.02 bits per heavy atom. The second kappa shape index (κ2) is 11.8. The number of rotatable bonds is 8. The molecule has 3 heterocycles. The smallest absolute Gasteiger partial charge is 0.453 e. The van der Waals surface area contributed by atoms with Gasteiger partial charge in [-0.05, 0) is 24.3 Å². The summed E-state index contributed by atoms with van der Waals surface area (Å²) in [5.41, 5.74) is 2.27. The van der Waals surface area contributed by atoms with E-state index in [0.717, 1.165) is 22.2 Å². The van der Waals surface area contributed by atoms with Crippen molar-refractivity contribution in [3.05, 3.63) is 88.6 Å². The van der Waals surface area contributed by atoms with Gasteiger partial charge in [0.2, 0.25) is 0 Å². The average Bonchev–Trinajstić information content (AvgIpc) is 3.65. The highest BCUT2D eigenvalue weighted by atomic mass is 35.5. The molecule has 0 saturated carbocycles. The molecule has 228 valence electrons. The van der Waals surface area contributed by atoms with Crippen molar-refractivity contribution in [2.45, 2.75) is 11.1 Å². The number of alkyl halides is 3. The largest absolute Gasteiger partial charge is 0.493 e. The number of halogens is 6. The number of pyridine rings is 1. The lowest BCUT2D eigenvalue weighted by Crippen LogP contribution is -2.39. The molecule has 10 nitrogen and oxygen atoms in total. The molecule has 0 fully saturated rings. The predicted molar refractivity (Wildman–Crippen MR) is 147 cm³/mol. The molecule has 0 aliphatic rings. The van der Waals surface area contributed by atoms with Crippen LogP contribution in [0.15, 0.2) is 76.8 Å². The SMILES string of the molecule is Cn1cc(-c2cc(-c3ccccc3F)ncc2Oc2cc(F)c(S(=O)(=O)N(OC(=O)C(F)(F)F)c3cscn3)cc2Cl)cn1. The predicted octanol–water partition coefficient (Wildman–Crippen LogP) is 6.55. The number of hydrogen-bond acceptors (Lipinski definition) is 9. The summed E-state index contributed by atoms with van der Waals surface area (Å²) in [6.07, 6.45) is -1.29. The first-order valence-electron chi connectivity index (χ1n) is 11.9. The first-order chi connectivity index (χ1) is 20.8. The van der Waals surface area contributed by atoms with Crippen LogP contribution in [0.5, 0.6) is 11.5 Å². The summed E-state index contributed by atoms with van der Waals surface area (Å²) < 4.78 is 102. The van der Waals surface area contributed by atoms with Crippen molar-refractivity contribution in [1.29, 1.82) is 0 Å². The van der Waals surface area contributed by atoms with E-state index in [-0.39, 0.29) is 17.0 Å². The third-order valence-electron chi connectivity index (χ3n) is 5.74. The van der Waals surface area contributed by atoms with E-state index in [9.17, 15) is 30.8 Å². The van der Waals surface area contributed by atoms with Crippen molar-refractivity contribution in [2.24, 2.45) is 7.05 Å². The molecule has 0 amide bonds. The van der Waals surface area contributed by atoms with Crippen molar-refractivity contribution in [2.75, 3.05) is 4.47 Å². The lowest BCUT2D eigenvalue weighted by molar-refractivity contribution is -0.199. The minimum Gasteiger partial charge on any atom is -0.453 e. The Hall–Kier alpha value is -4.61. The molecule has 0 atom stereocenters. The first-order valence-corrected chi connectivity index (χ1v) is 14.7. The number of thiazole rings is 1. The molecule has 0 saturated heterocycles. The van der Waals surface area contributed by atoms with Gasteiger partial charge in [0.1, 0.15) is 22.3 Å². The molecule has 0 unspecified atom stereocenters. The van der Waals surface area contributed by atoms with Crippen LogP contribution in [0.25, 0.3) is 22.4 Å². The lowest BCUT2D eigenvalue weighted by Gasteiger charge is -2.21. The molecular weight excluding hydrogens is 657 g/mol. The fourth-order valence-electron chi connectivity index (χ4n) is 3.76. The third-order valence-corrected chi connectivity index (χ3v) is 8.18. The first kappa shape index (κ1) is 30.8. The zero-order chi connectivity index (χ0) is 31.8. The van der Waals surface area contributed by atoms with Gasteiger partial charge < -0.3 is 9.57 Å². The number of benzene rings is 2. The molecule has 3 aromatic heterocycles. The van der Waals surface area contributed by atoms with Crippen LogP contribution < -0.4 is 9.21 Å². The van der Waals surface area contributed by atoms with Gasteiger partial charge >= 0.3 is 12.1 Å². The Morgan fingerprint density at radius 3 is 2.41 bits per heavy atom. The van der Waals surface area contributed by atoms with Gasteiger partial charge in [0, 0.05) is 41.4 Å². The van der Waals surface area contributed by atoms with Crippen molar-refractivity contribution in [3.63, 3.8) is 0 Å². The van der Waals surface area contributed by atoms with E-state index < -0.39 is 59.8 Å². The van der Waals surface area contributed by atoms with E-state index in [2.05, 4.69) is 19.9 Å². The minimum absolute atomic E-state index is 0.0156. The normalized spacial score (nSPS) is 11.8. The Kier molecular flexibility index (Phi) is 8.28. The van der Waals surface area contributed by atoms with Gasteiger partial charge in [-0.15, -0.1) is 11.3 Å². The number of carbonyl (C=O) groups is 1. The van der Waals surface area contributed by atoms with Crippen molar-refractivity contribution in [1.82, 2.24) is 19.7 Å². The van der Waals surface area contributed by atoms with Gasteiger partial charge in [-0.25, -0.2) is 18.6 Å². The van der Waals surface area contributed by atoms with E-state index in [4.69, 9.17) is 16.3 Å². The van der Waals surface area contributed by atoms with Crippen LogP contribution in [0.1, 0.15) is 0 Å². The van der Waals surface area contributed by atoms with Gasteiger partial charge in [-0.2, -0.15) is 26.7 Å². The van der Waals surface area contributed by atoms with Crippen LogP contribution in [-0.2, 0) is 26.7 Å². The fraction of sp³-hybridized carbons (Fsp3) is 0.0769. The molecule has 0 radical (unpaired) electrons. The minimum atomic E-state index is -5.58. The monoisotopic (exact) mass is 671 g/mol. The quantitative estimate of drug-likeness (QED) is 0.135. The van der Waals surface area contributed by atoms with Gasteiger partial charge in [-0.3, -0.25) is 9.67 Å². The third kappa shape index (κ3) is 6.20. The number of aryl methyl sites for hydroxylation is 1. The number of nitrogens with zero attached hydrogens (tertiary/aromatic N) is 5. The second-order valence-electron chi connectivity index (χ2n) is 8.72. The Bertz CT molecular complexity index is 1970. The molecule has 0 aliphatic heterocycles. The molecule has 0 bridgehead atoms. The molecule has 44 heavy (non-hydrogen) atoms. The Balaban J connectivity index is 1.54. The number of hydrogen-bond donors (Lipinski definition) is 0. The highest BCUT2D eigenvalue weighted by Crippen LogP contribution is 2.40. The summed E-state index contributed by atoms with van der Waals surface area (Å²) in [7, 11) is -3.70. The van der Waals surface area contributed by atoms with Gasteiger partial charge in [0.05, 0.1) is 28.6 Å². The molecule has 2 aromatic carbocycles. The summed E-state index contributed by atoms with van der Waals surface area (Å²) in [4.78, 5) is 22.1. The molecule has 0 aliphatic carbocycles. The van der Waals surface area contributed by atoms with Gasteiger partial charge in [0.15, 0.2) is 11.6 Å². The standard InChI is InChI=1S/C26H15ClF5N5O5S2/c1-36-11-14(9-35-36)16-6-20(15-4-2-3-5-18(15)28)33-10-22(16)41-21-8-19(29)23(7-17(21)27)44(39,40)37(24-12-43-13-34-24)42-25(38)26(30,31)32/h2-13H,1H3.